The number of hydrogen-bond donors (Lipinski definition) is 1. The zero-order valence-electron chi connectivity index (χ0n) is 8.51. The predicted octanol–water partition coefficient (Wildman–Crippen LogP) is 1.06. The van der Waals surface area contributed by atoms with Crippen LogP contribution in [0.25, 0.3) is 11.4 Å². The van der Waals surface area contributed by atoms with E-state index < -0.39 is 0 Å². The molecule has 1 saturated heterocycles. The minimum Gasteiger partial charge on any atom is -0.640 e. The van der Waals surface area contributed by atoms with Crippen LogP contribution in [0.4, 0.5) is 0 Å². The molecule has 5 heteroatoms. The molecule has 1 radical (unpaired) electrons. The van der Waals surface area contributed by atoms with E-state index in [9.17, 15) is 9.59 Å². The quantitative estimate of drug-likeness (QED) is 0.681. The molecule has 0 aromatic heterocycles. The van der Waals surface area contributed by atoms with Gasteiger partial charge in [-0.3, -0.25) is 4.79 Å². The van der Waals surface area contributed by atoms with Crippen LogP contribution < -0.4 is 5.32 Å². The van der Waals surface area contributed by atoms with Crippen LogP contribution in [0.5, 0.6) is 0 Å². The largest absolute Gasteiger partial charge is 0.640 e. The Hall–Kier alpha value is -0.658. The second kappa shape index (κ2) is 6.17. The molecule has 0 bridgehead atoms. The summed E-state index contributed by atoms with van der Waals surface area (Å²) in [5.74, 6) is -0.629. The Kier molecular flexibility index (Phi) is 5.17. The van der Waals surface area contributed by atoms with Crippen molar-refractivity contribution in [3.63, 3.8) is 0 Å². The van der Waals surface area contributed by atoms with Gasteiger partial charge in [0.15, 0.2) is 0 Å². The van der Waals surface area contributed by atoms with Crippen LogP contribution >= 0.6 is 0 Å². The number of carbonyl (C=O) groups excluding carboxylic acids is 2. The van der Waals surface area contributed by atoms with E-state index in [0.717, 1.165) is 5.56 Å². The summed E-state index contributed by atoms with van der Waals surface area (Å²) < 4.78 is 0. The van der Waals surface area contributed by atoms with Crippen LogP contribution in [0.3, 0.4) is 0 Å². The Morgan fingerprint density at radius 3 is 2.56 bits per heavy atom. The first-order valence-electron chi connectivity index (χ1n) is 4.54. The second-order valence-electron chi connectivity index (χ2n) is 3.14. The number of hydrogen-bond acceptors (Lipinski definition) is 2. The fraction of sp³-hybridized carbons (Fsp3) is 0.0909. The Labute approximate surface area is 129 Å². The Balaban J connectivity index is 0.00000128. The molecule has 0 aliphatic carbocycles. The summed E-state index contributed by atoms with van der Waals surface area (Å²) in [6.07, 6.45) is 1.61. The average Bonchev–Trinajstić information content (AvgIpc) is 2.25. The maximum absolute atomic E-state index is 11.3. The third kappa shape index (κ3) is 3.43. The molecule has 1 heterocycles. The molecule has 2 rings (SSSR count). The Morgan fingerprint density at radius 1 is 1.19 bits per heavy atom. The second-order valence-corrected chi connectivity index (χ2v) is 3.14. The molecule has 1 aromatic carbocycles. The average molecular weight is 428 g/mol. The van der Waals surface area contributed by atoms with E-state index in [1.807, 2.05) is 30.3 Å². The van der Waals surface area contributed by atoms with Gasteiger partial charge in [-0.15, -0.1) is 0 Å². The minimum absolute atomic E-state index is 0. The summed E-state index contributed by atoms with van der Waals surface area (Å²) in [7, 11) is 0. The SMILES string of the molecule is O=C1C[N-]C(=O)/C(=C/c2ccccc2)N1.[Ac]. The van der Waals surface area contributed by atoms with Gasteiger partial charge >= 0.3 is 0 Å². The molecular weight excluding hydrogens is 419 g/mol. The third-order valence-electron chi connectivity index (χ3n) is 1.98. The van der Waals surface area contributed by atoms with Crippen molar-refractivity contribution in [3.8, 4) is 0 Å². The molecule has 79 valence electrons. The molecule has 1 fully saturated rings. The summed E-state index contributed by atoms with van der Waals surface area (Å²) in [6.45, 7) is -0.0784. The van der Waals surface area contributed by atoms with Gasteiger partial charge in [0.05, 0.1) is 11.6 Å². The molecule has 0 unspecified atom stereocenters. The summed E-state index contributed by atoms with van der Waals surface area (Å²) in [5, 5.41) is 6.06. The fourth-order valence-corrected chi connectivity index (χ4v) is 1.29. The molecule has 4 nitrogen and oxygen atoms in total. The van der Waals surface area contributed by atoms with Gasteiger partial charge in [-0.25, -0.2) is 0 Å². The molecule has 0 spiro atoms. The first-order chi connectivity index (χ1) is 7.25. The van der Waals surface area contributed by atoms with Gasteiger partial charge in [-0.1, -0.05) is 30.3 Å². The van der Waals surface area contributed by atoms with Crippen LogP contribution in [-0.4, -0.2) is 18.4 Å². The summed E-state index contributed by atoms with van der Waals surface area (Å²) in [4.78, 5) is 22.3. The zero-order valence-corrected chi connectivity index (χ0v) is 13.3. The third-order valence-corrected chi connectivity index (χ3v) is 1.98. The topological polar surface area (TPSA) is 60.3 Å². The van der Waals surface area contributed by atoms with Crippen molar-refractivity contribution in [2.45, 2.75) is 0 Å². The van der Waals surface area contributed by atoms with Gasteiger partial charge < -0.3 is 15.4 Å². The normalized spacial score (nSPS) is 17.4. The first-order valence-corrected chi connectivity index (χ1v) is 4.54. The predicted molar refractivity (Wildman–Crippen MR) is 55.8 cm³/mol. The smallest absolute Gasteiger partial charge is 0.206 e. The number of rotatable bonds is 1. The number of carbonyl (C=O) groups is 2. The number of benzene rings is 1. The molecule has 2 amide bonds. The summed E-state index contributed by atoms with van der Waals surface area (Å²) in [6, 6.07) is 9.30. The molecule has 0 atom stereocenters. The van der Waals surface area contributed by atoms with E-state index in [2.05, 4.69) is 10.6 Å². The van der Waals surface area contributed by atoms with E-state index in [1.165, 1.54) is 0 Å². The van der Waals surface area contributed by atoms with Crippen molar-refractivity contribution in [1.82, 2.24) is 5.32 Å². The van der Waals surface area contributed by atoms with Crippen molar-refractivity contribution in [2.24, 2.45) is 0 Å². The Bertz CT molecular complexity index is 429. The van der Waals surface area contributed by atoms with Crippen molar-refractivity contribution < 1.29 is 53.7 Å². The zero-order chi connectivity index (χ0) is 10.7. The van der Waals surface area contributed by atoms with Gasteiger partial charge in [-0.05, 0) is 18.2 Å². The number of piperazine rings is 1. The molecule has 16 heavy (non-hydrogen) atoms. The molecule has 1 aromatic rings. The van der Waals surface area contributed by atoms with E-state index in [0.29, 0.717) is 0 Å². The molecular formula is C11H9AcN2O2-. The first kappa shape index (κ1) is 13.4. The summed E-state index contributed by atoms with van der Waals surface area (Å²) in [5.41, 5.74) is 1.09. The number of nitrogens with one attached hydrogen (secondary N) is 1. The summed E-state index contributed by atoms with van der Waals surface area (Å²) >= 11 is 0. The van der Waals surface area contributed by atoms with Crippen molar-refractivity contribution in [3.05, 3.63) is 46.9 Å². The van der Waals surface area contributed by atoms with E-state index >= 15 is 0 Å². The van der Waals surface area contributed by atoms with Crippen molar-refractivity contribution in [1.29, 1.82) is 0 Å². The maximum atomic E-state index is 11.3. The van der Waals surface area contributed by atoms with Gasteiger partial charge in [0.1, 0.15) is 0 Å². The molecule has 1 aliphatic rings. The molecule has 1 N–H and O–H groups in total. The van der Waals surface area contributed by atoms with Crippen LogP contribution in [0.15, 0.2) is 36.0 Å². The van der Waals surface area contributed by atoms with Crippen molar-refractivity contribution >= 4 is 17.9 Å². The molecule has 0 saturated carbocycles. The van der Waals surface area contributed by atoms with Gasteiger partial charge in [-0.2, -0.15) is 0 Å². The van der Waals surface area contributed by atoms with Gasteiger partial charge in [0.25, 0.3) is 0 Å². The van der Waals surface area contributed by atoms with Crippen LogP contribution in [0.2, 0.25) is 0 Å². The number of nitrogens with zero attached hydrogens (tertiary/aromatic N) is 1. The van der Waals surface area contributed by atoms with Gasteiger partial charge in [0.2, 0.25) is 5.91 Å². The molecule has 1 aliphatic heterocycles. The maximum Gasteiger partial charge on any atom is 0.206 e. The van der Waals surface area contributed by atoms with Crippen LogP contribution in [0, 0.1) is 44.1 Å². The van der Waals surface area contributed by atoms with Crippen LogP contribution in [0.1, 0.15) is 5.56 Å². The van der Waals surface area contributed by atoms with E-state index in [4.69, 9.17) is 0 Å². The van der Waals surface area contributed by atoms with Crippen LogP contribution in [-0.2, 0) is 9.59 Å². The fourth-order valence-electron chi connectivity index (χ4n) is 1.29. The van der Waals surface area contributed by atoms with E-state index in [1.54, 1.807) is 6.08 Å². The standard InChI is InChI=1S/C11H10N2O2.Ac/c14-10-7-12-11(15)9(13-10)6-8-4-2-1-3-5-8;/h1-6H,7H2,(H2,12,13,14,15);/p-1/b9-6-;. The van der Waals surface area contributed by atoms with Gasteiger partial charge in [0, 0.05) is 44.1 Å². The Morgan fingerprint density at radius 2 is 1.88 bits per heavy atom. The number of amides is 2. The van der Waals surface area contributed by atoms with Crippen molar-refractivity contribution in [2.75, 3.05) is 6.54 Å². The van der Waals surface area contributed by atoms with E-state index in [-0.39, 0.29) is 68.1 Å². The monoisotopic (exact) mass is 428 g/mol. The minimum atomic E-state index is -0.376.